The standard InChI is InChI=1S/C54H30N2/c1-29-16-17-30(2)39(20-29)45-26-51-50-25-44-38-15-7-11-32-9-5-13-36(54(32)38)42(44)23-48(50)46(40-21-34(56-3)19-18-33(40)28-55)27-52(51)49-24-43-37-14-6-10-31-8-4-12-35(53(31)37)41(43)22-47(45)49/h4-27H,1-2H3. The van der Waals surface area contributed by atoms with Crippen LogP contribution in [0.2, 0.25) is 0 Å². The molecule has 0 amide bonds. The van der Waals surface area contributed by atoms with Gasteiger partial charge in [-0.1, -0.05) is 109 Å². The van der Waals surface area contributed by atoms with E-state index in [4.69, 9.17) is 6.57 Å². The van der Waals surface area contributed by atoms with Gasteiger partial charge in [0.15, 0.2) is 5.69 Å². The van der Waals surface area contributed by atoms with Gasteiger partial charge in [0.25, 0.3) is 0 Å². The van der Waals surface area contributed by atoms with Gasteiger partial charge in [-0.25, -0.2) is 4.85 Å². The van der Waals surface area contributed by atoms with E-state index in [0.29, 0.717) is 11.3 Å². The van der Waals surface area contributed by atoms with Crippen LogP contribution in [0.25, 0.3) is 125 Å². The summed E-state index contributed by atoms with van der Waals surface area (Å²) in [5, 5.41) is 22.5. The van der Waals surface area contributed by atoms with Crippen molar-refractivity contribution >= 4 is 59.5 Å². The Morgan fingerprint density at radius 3 is 1.34 bits per heavy atom. The highest BCUT2D eigenvalue weighted by Gasteiger charge is 2.27. The van der Waals surface area contributed by atoms with E-state index in [1.54, 1.807) is 12.1 Å². The number of fused-ring (bicyclic) bond motifs is 11. The first-order valence-electron chi connectivity index (χ1n) is 19.1. The summed E-state index contributed by atoms with van der Waals surface area (Å²) in [6.45, 7) is 12.3. The smallest absolute Gasteiger partial charge is 0.187 e. The number of nitrogens with zero attached hydrogens (tertiary/aromatic N) is 2. The van der Waals surface area contributed by atoms with Crippen LogP contribution in [0.15, 0.2) is 146 Å². The van der Waals surface area contributed by atoms with Gasteiger partial charge in [-0.15, -0.1) is 0 Å². The summed E-state index contributed by atoms with van der Waals surface area (Å²) < 4.78 is 0. The van der Waals surface area contributed by atoms with Crippen LogP contribution in [0.1, 0.15) is 16.7 Å². The molecular formula is C54H30N2. The highest BCUT2D eigenvalue weighted by atomic mass is 14.6. The molecule has 0 atom stereocenters. The molecule has 0 spiro atoms. The molecule has 10 aromatic carbocycles. The van der Waals surface area contributed by atoms with Gasteiger partial charge in [0, 0.05) is 0 Å². The first kappa shape index (κ1) is 30.9. The van der Waals surface area contributed by atoms with Crippen LogP contribution in [0, 0.1) is 31.8 Å². The zero-order valence-corrected chi connectivity index (χ0v) is 30.8. The summed E-state index contributed by atoms with van der Waals surface area (Å²) in [6.07, 6.45) is 0. The van der Waals surface area contributed by atoms with E-state index in [1.807, 2.05) is 6.07 Å². The molecule has 12 rings (SSSR count). The van der Waals surface area contributed by atoms with Gasteiger partial charge in [-0.2, -0.15) is 5.26 Å². The number of hydrogen-bond donors (Lipinski definition) is 0. The normalized spacial score (nSPS) is 12.1. The molecule has 0 heterocycles. The minimum Gasteiger partial charge on any atom is -0.238 e. The lowest BCUT2D eigenvalue weighted by Crippen LogP contribution is -1.94. The molecule has 56 heavy (non-hydrogen) atoms. The molecule has 2 aliphatic rings. The van der Waals surface area contributed by atoms with Crippen molar-refractivity contribution in [3.05, 3.63) is 174 Å². The predicted molar refractivity (Wildman–Crippen MR) is 234 cm³/mol. The molecule has 2 aliphatic carbocycles. The third kappa shape index (κ3) is 4.03. The molecule has 0 bridgehead atoms. The third-order valence-electron chi connectivity index (χ3n) is 12.5. The van der Waals surface area contributed by atoms with Crippen molar-refractivity contribution in [1.29, 1.82) is 5.26 Å². The van der Waals surface area contributed by atoms with Crippen molar-refractivity contribution in [2.45, 2.75) is 13.8 Å². The Balaban J connectivity index is 1.30. The van der Waals surface area contributed by atoms with Gasteiger partial charge in [0.05, 0.1) is 18.2 Å². The first-order valence-corrected chi connectivity index (χ1v) is 19.1. The maximum atomic E-state index is 10.5. The molecule has 2 nitrogen and oxygen atoms in total. The number of rotatable bonds is 2. The second kappa shape index (κ2) is 11.0. The summed E-state index contributed by atoms with van der Waals surface area (Å²) >= 11 is 0. The predicted octanol–water partition coefficient (Wildman–Crippen LogP) is 15.1. The Labute approximate surface area is 324 Å². The molecule has 0 aromatic heterocycles. The molecule has 0 saturated carbocycles. The SMILES string of the molecule is [C-]#[N+]c1ccc(C#N)c(-c2cc3c4cc5c(cc4c(-c4cc(C)ccc4C)cc3c3cc4c(cc23)-c2cccc3cccc-4c23)-c2cccc3cccc-5c23)c1. The molecule has 10 aromatic rings. The number of aryl methyl sites for hydroxylation is 2. The van der Waals surface area contributed by atoms with Gasteiger partial charge in [0.1, 0.15) is 0 Å². The Morgan fingerprint density at radius 2 is 0.857 bits per heavy atom. The van der Waals surface area contributed by atoms with Crippen LogP contribution < -0.4 is 0 Å². The number of benzene rings is 10. The summed E-state index contributed by atoms with van der Waals surface area (Å²) in [5.41, 5.74) is 17.7. The monoisotopic (exact) mass is 706 g/mol. The van der Waals surface area contributed by atoms with Crippen molar-refractivity contribution in [3.63, 3.8) is 0 Å². The average molecular weight is 707 g/mol. The van der Waals surface area contributed by atoms with Crippen molar-refractivity contribution in [2.75, 3.05) is 0 Å². The van der Waals surface area contributed by atoms with Gasteiger partial charge in [-0.3, -0.25) is 0 Å². The fraction of sp³-hybridized carbons (Fsp3) is 0.0370. The molecule has 0 saturated heterocycles. The Morgan fingerprint density at radius 1 is 0.411 bits per heavy atom. The molecule has 0 aliphatic heterocycles. The Kier molecular flexibility index (Phi) is 6.08. The summed E-state index contributed by atoms with van der Waals surface area (Å²) in [5.74, 6) is 0. The van der Waals surface area contributed by atoms with E-state index in [2.05, 4.69) is 152 Å². The zero-order valence-electron chi connectivity index (χ0n) is 30.8. The lowest BCUT2D eigenvalue weighted by Gasteiger charge is -2.20. The Bertz CT molecular complexity index is 3560. The van der Waals surface area contributed by atoms with E-state index in [9.17, 15) is 5.26 Å². The quantitative estimate of drug-likeness (QED) is 0.130. The Hall–Kier alpha value is -7.52. The van der Waals surface area contributed by atoms with Gasteiger partial charge in [0.2, 0.25) is 0 Å². The molecule has 0 fully saturated rings. The first-order chi connectivity index (χ1) is 27.5. The number of hydrogen-bond acceptors (Lipinski definition) is 1. The maximum Gasteiger partial charge on any atom is 0.187 e. The fourth-order valence-corrected chi connectivity index (χ4v) is 10.0. The summed E-state index contributed by atoms with van der Waals surface area (Å²) in [7, 11) is 0. The maximum absolute atomic E-state index is 10.5. The fourth-order valence-electron chi connectivity index (χ4n) is 10.0. The third-order valence-corrected chi connectivity index (χ3v) is 12.5. The van der Waals surface area contributed by atoms with Crippen molar-refractivity contribution in [2.24, 2.45) is 0 Å². The lowest BCUT2D eigenvalue weighted by molar-refractivity contribution is 1.40. The van der Waals surface area contributed by atoms with Crippen LogP contribution in [0.3, 0.4) is 0 Å². The second-order valence-electron chi connectivity index (χ2n) is 15.5. The molecular weight excluding hydrogens is 677 g/mol. The van der Waals surface area contributed by atoms with Crippen LogP contribution >= 0.6 is 0 Å². The zero-order chi connectivity index (χ0) is 37.4. The molecule has 0 N–H and O–H groups in total. The van der Waals surface area contributed by atoms with Gasteiger partial charge >= 0.3 is 0 Å². The minimum absolute atomic E-state index is 0.518. The second-order valence-corrected chi connectivity index (χ2v) is 15.5. The van der Waals surface area contributed by atoms with Crippen LogP contribution in [-0.2, 0) is 0 Å². The minimum atomic E-state index is 0.518. The molecule has 256 valence electrons. The van der Waals surface area contributed by atoms with Gasteiger partial charge < -0.3 is 0 Å². The van der Waals surface area contributed by atoms with E-state index in [0.717, 1.165) is 27.3 Å². The van der Waals surface area contributed by atoms with E-state index < -0.39 is 0 Å². The number of nitriles is 1. The average Bonchev–Trinajstić information content (AvgIpc) is 3.73. The topological polar surface area (TPSA) is 28.1 Å². The van der Waals surface area contributed by atoms with Crippen molar-refractivity contribution < 1.29 is 0 Å². The lowest BCUT2D eigenvalue weighted by atomic mass is 9.83. The van der Waals surface area contributed by atoms with E-state index in [-0.39, 0.29) is 0 Å². The molecule has 0 unspecified atom stereocenters. The van der Waals surface area contributed by atoms with Crippen LogP contribution in [0.5, 0.6) is 0 Å². The van der Waals surface area contributed by atoms with E-state index in [1.165, 1.54) is 104 Å². The van der Waals surface area contributed by atoms with E-state index >= 15 is 0 Å². The highest BCUT2D eigenvalue weighted by Crippen LogP contribution is 2.54. The molecule has 0 radical (unpaired) electrons. The highest BCUT2D eigenvalue weighted by molar-refractivity contribution is 6.29. The van der Waals surface area contributed by atoms with Crippen molar-refractivity contribution in [1.82, 2.24) is 0 Å². The van der Waals surface area contributed by atoms with Gasteiger partial charge in [-0.05, 0) is 182 Å². The van der Waals surface area contributed by atoms with Crippen LogP contribution in [0.4, 0.5) is 5.69 Å². The summed E-state index contributed by atoms with van der Waals surface area (Å²) in [6, 6.07) is 55.5. The van der Waals surface area contributed by atoms with Crippen molar-refractivity contribution in [3.8, 4) is 72.8 Å². The summed E-state index contributed by atoms with van der Waals surface area (Å²) in [4.78, 5) is 3.81. The largest absolute Gasteiger partial charge is 0.238 e. The molecule has 2 heteroatoms. The van der Waals surface area contributed by atoms with Crippen LogP contribution in [-0.4, -0.2) is 0 Å².